The molecule has 6 nitrogen and oxygen atoms in total. The Labute approximate surface area is 161 Å². The lowest BCUT2D eigenvalue weighted by Gasteiger charge is -2.09. The molecule has 7 heteroatoms. The fourth-order valence-electron chi connectivity index (χ4n) is 2.34. The molecule has 1 aromatic heterocycles. The number of hydrogen-bond donors (Lipinski definition) is 3. The molecular weight excluding hydrogens is 366 g/mol. The van der Waals surface area contributed by atoms with E-state index in [9.17, 15) is 9.59 Å². The number of benzene rings is 2. The van der Waals surface area contributed by atoms with Crippen molar-refractivity contribution in [2.75, 3.05) is 17.2 Å². The summed E-state index contributed by atoms with van der Waals surface area (Å²) in [5, 5.41) is 9.18. The molecule has 0 spiro atoms. The van der Waals surface area contributed by atoms with Crippen molar-refractivity contribution in [1.29, 1.82) is 0 Å². The molecule has 3 N–H and O–H groups in total. The first-order chi connectivity index (χ1) is 13.1. The summed E-state index contributed by atoms with van der Waals surface area (Å²) < 4.78 is 5.17. The van der Waals surface area contributed by atoms with Crippen LogP contribution >= 0.6 is 11.6 Å². The van der Waals surface area contributed by atoms with E-state index in [2.05, 4.69) is 16.0 Å². The molecule has 0 aliphatic rings. The molecule has 2 aromatic carbocycles. The minimum atomic E-state index is -0.214. The van der Waals surface area contributed by atoms with Gasteiger partial charge in [-0.25, -0.2) is 0 Å². The second-order valence-corrected chi connectivity index (χ2v) is 6.18. The van der Waals surface area contributed by atoms with Gasteiger partial charge in [0.1, 0.15) is 5.76 Å². The van der Waals surface area contributed by atoms with Gasteiger partial charge in [-0.3, -0.25) is 9.59 Å². The van der Waals surface area contributed by atoms with Crippen LogP contribution < -0.4 is 16.0 Å². The van der Waals surface area contributed by atoms with Crippen LogP contribution in [0.25, 0.3) is 0 Å². The van der Waals surface area contributed by atoms with Crippen molar-refractivity contribution in [2.45, 2.75) is 6.54 Å². The molecule has 0 unspecified atom stereocenters. The Morgan fingerprint density at radius 1 is 0.926 bits per heavy atom. The number of carbonyl (C=O) groups is 2. The number of rotatable bonds is 7. The number of halogens is 1. The maximum absolute atomic E-state index is 12.1. The van der Waals surface area contributed by atoms with Crippen LogP contribution in [0.4, 0.5) is 11.4 Å². The van der Waals surface area contributed by atoms with Crippen LogP contribution in [0.1, 0.15) is 16.1 Å². The Kier molecular flexibility index (Phi) is 6.12. The van der Waals surface area contributed by atoms with Crippen LogP contribution in [0.2, 0.25) is 5.02 Å². The Bertz CT molecular complexity index is 891. The number of anilines is 2. The molecule has 2 amide bonds. The highest BCUT2D eigenvalue weighted by Gasteiger charge is 2.07. The normalized spacial score (nSPS) is 10.3. The van der Waals surface area contributed by atoms with Gasteiger partial charge in [0.05, 0.1) is 19.4 Å². The smallest absolute Gasteiger partial charge is 0.251 e. The third-order valence-corrected chi connectivity index (χ3v) is 3.98. The molecule has 0 saturated carbocycles. The van der Waals surface area contributed by atoms with Gasteiger partial charge in [-0.2, -0.15) is 0 Å². The largest absolute Gasteiger partial charge is 0.467 e. The molecule has 3 rings (SSSR count). The topological polar surface area (TPSA) is 83.4 Å². The quantitative estimate of drug-likeness (QED) is 0.577. The van der Waals surface area contributed by atoms with E-state index in [-0.39, 0.29) is 18.4 Å². The number of furan rings is 1. The highest BCUT2D eigenvalue weighted by molar-refractivity contribution is 6.30. The van der Waals surface area contributed by atoms with Gasteiger partial charge in [0.15, 0.2) is 0 Å². The maximum atomic E-state index is 12.1. The minimum absolute atomic E-state index is 0.118. The number of carbonyl (C=O) groups excluding carboxylic acids is 2. The fraction of sp³-hybridized carbons (Fsp3) is 0.100. The first kappa shape index (κ1) is 18.5. The van der Waals surface area contributed by atoms with E-state index in [4.69, 9.17) is 16.0 Å². The van der Waals surface area contributed by atoms with Crippen LogP contribution in [-0.4, -0.2) is 18.4 Å². The Balaban J connectivity index is 1.47. The number of hydrogen-bond acceptors (Lipinski definition) is 4. The van der Waals surface area contributed by atoms with E-state index in [1.165, 1.54) is 0 Å². The predicted molar refractivity (Wildman–Crippen MR) is 105 cm³/mol. The third-order valence-electron chi connectivity index (χ3n) is 3.73. The van der Waals surface area contributed by atoms with Gasteiger partial charge in [-0.1, -0.05) is 11.6 Å². The Hall–Kier alpha value is -3.25. The number of nitrogens with one attached hydrogen (secondary N) is 3. The molecule has 0 radical (unpaired) electrons. The van der Waals surface area contributed by atoms with E-state index >= 15 is 0 Å². The lowest BCUT2D eigenvalue weighted by molar-refractivity contribution is -0.114. The standard InChI is InChI=1S/C20H18ClN3O3/c21-15-5-9-16(10-6-15)22-13-19(25)24-17-7-3-14(4-8-17)20(26)23-12-18-2-1-11-27-18/h1-11,22H,12-13H2,(H,23,26)(H,24,25). The average Bonchev–Trinajstić information content (AvgIpc) is 3.20. The van der Waals surface area contributed by atoms with Gasteiger partial charge in [-0.05, 0) is 60.7 Å². The van der Waals surface area contributed by atoms with E-state index in [0.29, 0.717) is 28.6 Å². The lowest BCUT2D eigenvalue weighted by Crippen LogP contribution is -2.23. The highest BCUT2D eigenvalue weighted by atomic mass is 35.5. The summed E-state index contributed by atoms with van der Waals surface area (Å²) in [6, 6.07) is 17.3. The summed E-state index contributed by atoms with van der Waals surface area (Å²) in [6.45, 7) is 0.438. The van der Waals surface area contributed by atoms with E-state index < -0.39 is 0 Å². The average molecular weight is 384 g/mol. The van der Waals surface area contributed by atoms with E-state index in [0.717, 1.165) is 5.69 Å². The van der Waals surface area contributed by atoms with Crippen LogP contribution in [0.3, 0.4) is 0 Å². The van der Waals surface area contributed by atoms with Crippen molar-refractivity contribution in [3.63, 3.8) is 0 Å². The molecule has 27 heavy (non-hydrogen) atoms. The lowest BCUT2D eigenvalue weighted by atomic mass is 10.2. The van der Waals surface area contributed by atoms with Crippen LogP contribution in [0.5, 0.6) is 0 Å². The molecule has 0 atom stereocenters. The molecule has 0 bridgehead atoms. The zero-order chi connectivity index (χ0) is 19.1. The van der Waals surface area contributed by atoms with Crippen LogP contribution in [-0.2, 0) is 11.3 Å². The highest BCUT2D eigenvalue weighted by Crippen LogP contribution is 2.13. The zero-order valence-electron chi connectivity index (χ0n) is 14.4. The molecular formula is C20H18ClN3O3. The van der Waals surface area contributed by atoms with Gasteiger partial charge in [-0.15, -0.1) is 0 Å². The van der Waals surface area contributed by atoms with Gasteiger partial charge < -0.3 is 20.4 Å². The minimum Gasteiger partial charge on any atom is -0.467 e. The molecule has 0 saturated heterocycles. The van der Waals surface area contributed by atoms with Gasteiger partial charge in [0.25, 0.3) is 5.91 Å². The number of amides is 2. The van der Waals surface area contributed by atoms with Gasteiger partial charge in [0.2, 0.25) is 5.91 Å². The first-order valence-corrected chi connectivity index (χ1v) is 8.68. The van der Waals surface area contributed by atoms with Crippen molar-refractivity contribution in [2.24, 2.45) is 0 Å². The summed E-state index contributed by atoms with van der Waals surface area (Å²) in [5.74, 6) is 0.272. The van der Waals surface area contributed by atoms with Crippen LogP contribution in [0.15, 0.2) is 71.3 Å². The van der Waals surface area contributed by atoms with Gasteiger partial charge in [0, 0.05) is 22.0 Å². The summed E-state index contributed by atoms with van der Waals surface area (Å²) >= 11 is 5.82. The summed E-state index contributed by atoms with van der Waals surface area (Å²) in [5.41, 5.74) is 1.91. The molecule has 0 aliphatic heterocycles. The monoisotopic (exact) mass is 383 g/mol. The maximum Gasteiger partial charge on any atom is 0.251 e. The summed E-state index contributed by atoms with van der Waals surface area (Å²) in [7, 11) is 0. The van der Waals surface area contributed by atoms with E-state index in [1.807, 2.05) is 0 Å². The first-order valence-electron chi connectivity index (χ1n) is 8.30. The van der Waals surface area contributed by atoms with E-state index in [1.54, 1.807) is 66.9 Å². The van der Waals surface area contributed by atoms with Crippen molar-refractivity contribution < 1.29 is 14.0 Å². The Morgan fingerprint density at radius 3 is 2.30 bits per heavy atom. The second kappa shape index (κ2) is 8.91. The molecule has 1 heterocycles. The summed E-state index contributed by atoms with van der Waals surface area (Å²) in [4.78, 5) is 24.1. The SMILES string of the molecule is O=C(CNc1ccc(Cl)cc1)Nc1ccc(C(=O)NCc2ccco2)cc1. The molecule has 3 aromatic rings. The third kappa shape index (κ3) is 5.62. The van der Waals surface area contributed by atoms with Crippen LogP contribution in [0, 0.1) is 0 Å². The summed E-state index contributed by atoms with van der Waals surface area (Å²) in [6.07, 6.45) is 1.56. The van der Waals surface area contributed by atoms with Crippen molar-refractivity contribution in [3.8, 4) is 0 Å². The van der Waals surface area contributed by atoms with Gasteiger partial charge >= 0.3 is 0 Å². The second-order valence-electron chi connectivity index (χ2n) is 5.75. The molecule has 138 valence electrons. The predicted octanol–water partition coefficient (Wildman–Crippen LogP) is 3.91. The molecule has 0 aliphatic carbocycles. The van der Waals surface area contributed by atoms with Crippen molar-refractivity contribution in [3.05, 3.63) is 83.3 Å². The fourth-order valence-corrected chi connectivity index (χ4v) is 2.47. The van der Waals surface area contributed by atoms with Crippen molar-refractivity contribution >= 4 is 34.8 Å². The Morgan fingerprint density at radius 2 is 1.63 bits per heavy atom. The zero-order valence-corrected chi connectivity index (χ0v) is 15.1. The molecule has 0 fully saturated rings. The van der Waals surface area contributed by atoms with Crippen molar-refractivity contribution in [1.82, 2.24) is 5.32 Å².